The van der Waals surface area contributed by atoms with Gasteiger partial charge in [0.05, 0.1) is 24.3 Å². The maximum Gasteiger partial charge on any atom is 0.426 e. The molecule has 0 aliphatic rings. The van der Waals surface area contributed by atoms with Crippen LogP contribution in [-0.4, -0.2) is 25.2 Å². The highest BCUT2D eigenvalue weighted by Gasteiger charge is 2.36. The quantitative estimate of drug-likeness (QED) is 0.0305. The number of carbonyl (C=O) groups is 2. The van der Waals surface area contributed by atoms with Gasteiger partial charge >= 0.3 is 24.2 Å². The van der Waals surface area contributed by atoms with Gasteiger partial charge in [0.25, 0.3) is 0 Å². The molecule has 0 saturated heterocycles. The molecule has 57 heavy (non-hydrogen) atoms. The summed E-state index contributed by atoms with van der Waals surface area (Å²) in [5.41, 5.74) is 2.41. The summed E-state index contributed by atoms with van der Waals surface area (Å²) in [6, 6.07) is 25.1. The lowest BCUT2D eigenvalue weighted by atomic mass is 9.78. The summed E-state index contributed by atoms with van der Waals surface area (Å²) in [6.45, 7) is 11.3. The molecular weight excluding hydrogens is 737 g/mol. The summed E-state index contributed by atoms with van der Waals surface area (Å²) < 4.78 is 80.7. The average molecular weight is 789 g/mol. The molecule has 0 N–H and O–H groups in total. The first-order chi connectivity index (χ1) is 27.2. The van der Waals surface area contributed by atoms with Gasteiger partial charge in [0.1, 0.15) is 11.5 Å². The highest BCUT2D eigenvalue weighted by molar-refractivity contribution is 5.81. The molecule has 0 heterocycles. The summed E-state index contributed by atoms with van der Waals surface area (Å²) in [4.78, 5) is 22.1. The first-order valence-electron chi connectivity index (χ1n) is 19.4. The number of alkyl halides is 4. The van der Waals surface area contributed by atoms with Crippen LogP contribution >= 0.6 is 0 Å². The second-order valence-electron chi connectivity index (χ2n) is 14.4. The molecule has 0 aliphatic carbocycles. The van der Waals surface area contributed by atoms with Crippen LogP contribution in [0.25, 0.3) is 0 Å². The van der Waals surface area contributed by atoms with E-state index in [0.717, 1.165) is 98.6 Å². The van der Waals surface area contributed by atoms with E-state index in [-0.39, 0.29) is 22.6 Å². The highest BCUT2D eigenvalue weighted by atomic mass is 19.3. The van der Waals surface area contributed by atoms with E-state index in [1.807, 2.05) is 13.8 Å². The summed E-state index contributed by atoms with van der Waals surface area (Å²) in [5.74, 6) is -0.857. The van der Waals surface area contributed by atoms with E-state index in [9.17, 15) is 9.59 Å². The molecule has 0 saturated carbocycles. The summed E-state index contributed by atoms with van der Waals surface area (Å²) in [6.07, 6.45) is 3.61. The number of aryl methyl sites for hydroxylation is 2. The molecule has 0 aliphatic heterocycles. The van der Waals surface area contributed by atoms with Crippen molar-refractivity contribution in [3.05, 3.63) is 156 Å². The van der Waals surface area contributed by atoms with Crippen LogP contribution in [0.4, 0.5) is 17.6 Å². The van der Waals surface area contributed by atoms with Crippen LogP contribution in [0, 0.1) is 0 Å². The molecule has 0 amide bonds. The normalized spacial score (nSPS) is 11.8. The van der Waals surface area contributed by atoms with Gasteiger partial charge in [0, 0.05) is 17.6 Å². The van der Waals surface area contributed by atoms with Gasteiger partial charge in [-0.3, -0.25) is 0 Å². The molecule has 0 aromatic heterocycles. The summed E-state index contributed by atoms with van der Waals surface area (Å²) in [7, 11) is 0. The van der Waals surface area contributed by atoms with E-state index in [1.165, 1.54) is 48.5 Å². The molecule has 0 unspecified atom stereocenters. The topological polar surface area (TPSA) is 71.1 Å². The Kier molecular flexibility index (Phi) is 16.5. The molecule has 6 nitrogen and oxygen atoms in total. The number of carbonyl (C=O) groups excluding carboxylic acids is 2. The van der Waals surface area contributed by atoms with Crippen molar-refractivity contribution in [1.29, 1.82) is 0 Å². The van der Waals surface area contributed by atoms with Gasteiger partial charge in [-0.05, 0) is 109 Å². The van der Waals surface area contributed by atoms with E-state index in [4.69, 9.17) is 18.9 Å². The Bertz CT molecular complexity index is 1730. The predicted octanol–water partition coefficient (Wildman–Crippen LogP) is 11.9. The minimum absolute atomic E-state index is 0.00195. The highest BCUT2D eigenvalue weighted by Crippen LogP contribution is 2.37. The van der Waals surface area contributed by atoms with Crippen molar-refractivity contribution in [1.82, 2.24) is 0 Å². The van der Waals surface area contributed by atoms with Gasteiger partial charge in [-0.15, -0.1) is 0 Å². The minimum atomic E-state index is -3.55. The van der Waals surface area contributed by atoms with Crippen LogP contribution in [0.3, 0.4) is 0 Å². The van der Waals surface area contributed by atoms with Gasteiger partial charge in [-0.2, -0.15) is 17.6 Å². The van der Waals surface area contributed by atoms with Gasteiger partial charge in [-0.25, -0.2) is 9.59 Å². The van der Waals surface area contributed by atoms with E-state index < -0.39 is 29.6 Å². The zero-order valence-corrected chi connectivity index (χ0v) is 32.8. The third kappa shape index (κ3) is 13.9. The monoisotopic (exact) mass is 788 g/mol. The molecule has 4 rings (SSSR count). The number of halogens is 4. The van der Waals surface area contributed by atoms with E-state index in [0.29, 0.717) is 13.2 Å². The number of benzene rings is 4. The molecule has 304 valence electrons. The number of esters is 2. The Morgan fingerprint density at radius 3 is 1.14 bits per heavy atom. The second-order valence-corrected chi connectivity index (χ2v) is 14.4. The molecular formula is C47H52F4O6. The standard InChI is InChI=1S/C47H52F4O6/c1-5-43(52)54-33-13-9-7-11-15-35-17-21-39(22-18-35)46(48,49)56-41-29-25-37(26-30-41)45(3,4)38-27-31-42(32-28-38)57-47(50,51)40-23-19-36(20-24-40)16-12-8-10-14-34-55-44(53)6-2/h5-6,17-32H,1-2,7-16,33-34H2,3-4H3. The van der Waals surface area contributed by atoms with Crippen molar-refractivity contribution in [2.75, 3.05) is 13.2 Å². The number of hydrogen-bond acceptors (Lipinski definition) is 6. The Morgan fingerprint density at radius 1 is 0.491 bits per heavy atom. The summed E-state index contributed by atoms with van der Waals surface area (Å²) in [5, 5.41) is 0. The molecule has 0 radical (unpaired) electrons. The smallest absolute Gasteiger partial charge is 0.426 e. The van der Waals surface area contributed by atoms with E-state index >= 15 is 17.6 Å². The third-order valence-electron chi connectivity index (χ3n) is 9.77. The molecule has 0 fully saturated rings. The largest absolute Gasteiger partial charge is 0.463 e. The lowest BCUT2D eigenvalue weighted by Gasteiger charge is -2.27. The number of unbranched alkanes of at least 4 members (excludes halogenated alkanes) is 6. The van der Waals surface area contributed by atoms with Crippen LogP contribution in [0.2, 0.25) is 0 Å². The maximum atomic E-state index is 15.1. The third-order valence-corrected chi connectivity index (χ3v) is 9.77. The van der Waals surface area contributed by atoms with Gasteiger partial charge in [0.15, 0.2) is 0 Å². The van der Waals surface area contributed by atoms with E-state index in [2.05, 4.69) is 13.2 Å². The first-order valence-corrected chi connectivity index (χ1v) is 19.4. The molecule has 0 atom stereocenters. The fourth-order valence-electron chi connectivity index (χ4n) is 6.22. The van der Waals surface area contributed by atoms with Crippen LogP contribution in [0.5, 0.6) is 11.5 Å². The molecule has 10 heteroatoms. The molecule has 0 bridgehead atoms. The fourth-order valence-corrected chi connectivity index (χ4v) is 6.22. The van der Waals surface area contributed by atoms with Gasteiger partial charge < -0.3 is 18.9 Å². The molecule has 4 aromatic rings. The first kappa shape index (κ1) is 44.3. The van der Waals surface area contributed by atoms with E-state index in [1.54, 1.807) is 48.5 Å². The zero-order valence-electron chi connectivity index (χ0n) is 32.8. The summed E-state index contributed by atoms with van der Waals surface area (Å²) >= 11 is 0. The van der Waals surface area contributed by atoms with Crippen molar-refractivity contribution in [2.24, 2.45) is 0 Å². The number of rotatable bonds is 24. The Balaban J connectivity index is 1.24. The fraction of sp³-hybridized carbons (Fsp3) is 0.362. The van der Waals surface area contributed by atoms with Crippen molar-refractivity contribution in [3.63, 3.8) is 0 Å². The second kappa shape index (κ2) is 21.2. The maximum absolute atomic E-state index is 15.1. The minimum Gasteiger partial charge on any atom is -0.463 e. The number of hydrogen-bond donors (Lipinski definition) is 0. The van der Waals surface area contributed by atoms with Crippen molar-refractivity contribution >= 4 is 11.9 Å². The van der Waals surface area contributed by atoms with Crippen LogP contribution < -0.4 is 9.47 Å². The lowest BCUT2D eigenvalue weighted by Crippen LogP contribution is -2.23. The van der Waals surface area contributed by atoms with Crippen LogP contribution in [0.1, 0.15) is 98.6 Å². The Labute approximate surface area is 333 Å². The predicted molar refractivity (Wildman–Crippen MR) is 214 cm³/mol. The average Bonchev–Trinajstić information content (AvgIpc) is 3.20. The van der Waals surface area contributed by atoms with Crippen LogP contribution in [-0.2, 0) is 49.5 Å². The SMILES string of the molecule is C=CC(=O)OCCCCCCc1ccc(C(F)(F)Oc2ccc(C(C)(C)c3ccc(OC(F)(F)c4ccc(CCCCCCOC(=O)C=C)cc4)cc3)cc2)cc1. The Hall–Kier alpha value is -5.38. The zero-order chi connectivity index (χ0) is 41.3. The lowest BCUT2D eigenvalue weighted by molar-refractivity contribution is -0.186. The van der Waals surface area contributed by atoms with Crippen molar-refractivity contribution in [3.8, 4) is 11.5 Å². The van der Waals surface area contributed by atoms with Gasteiger partial charge in [0.2, 0.25) is 0 Å². The number of ether oxygens (including phenoxy) is 4. The van der Waals surface area contributed by atoms with Crippen molar-refractivity contribution in [2.45, 2.75) is 95.7 Å². The molecule has 4 aromatic carbocycles. The molecule has 0 spiro atoms. The van der Waals surface area contributed by atoms with Gasteiger partial charge in [-0.1, -0.05) is 101 Å². The Morgan fingerprint density at radius 2 is 0.807 bits per heavy atom. The van der Waals surface area contributed by atoms with Crippen LogP contribution in [0.15, 0.2) is 122 Å². The van der Waals surface area contributed by atoms with Crippen molar-refractivity contribution < 1.29 is 46.1 Å².